The lowest BCUT2D eigenvalue weighted by Crippen LogP contribution is -2.35. The first-order valence-electron chi connectivity index (χ1n) is 5.72. The molecule has 1 aliphatic rings. The molecule has 1 heterocycles. The number of aliphatic hydroxyl groups is 1. The van der Waals surface area contributed by atoms with E-state index in [9.17, 15) is 14.7 Å². The molecule has 0 bridgehead atoms. The molecule has 2 atom stereocenters. The minimum Gasteiger partial charge on any atom is -0.478 e. The number of nitrogens with one attached hydrogen (secondary N) is 2. The number of carbonyl (C=O) groups excluding carboxylic acids is 1. The SMILES string of the molecule is O=C(O)c1cc(Br)ccc1NC(=O)C1CC(O)CN1. The van der Waals surface area contributed by atoms with Gasteiger partial charge in [0.2, 0.25) is 5.91 Å². The zero-order valence-corrected chi connectivity index (χ0v) is 11.5. The standard InChI is InChI=1S/C12H13BrN2O4/c13-6-1-2-9(8(3-6)12(18)19)15-11(17)10-4-7(16)5-14-10/h1-3,7,10,14,16H,4-5H2,(H,15,17)(H,18,19). The normalized spacial score (nSPS) is 22.2. The van der Waals surface area contributed by atoms with E-state index in [1.807, 2.05) is 0 Å². The van der Waals surface area contributed by atoms with Gasteiger partial charge < -0.3 is 20.8 Å². The van der Waals surface area contributed by atoms with E-state index in [2.05, 4.69) is 26.6 Å². The number of hydrogen-bond donors (Lipinski definition) is 4. The molecule has 6 nitrogen and oxygen atoms in total. The molecular weight excluding hydrogens is 316 g/mol. The van der Waals surface area contributed by atoms with Crippen molar-refractivity contribution in [3.8, 4) is 0 Å². The number of hydrogen-bond acceptors (Lipinski definition) is 4. The Bertz CT molecular complexity index is 520. The molecule has 1 amide bonds. The molecule has 1 aliphatic heterocycles. The van der Waals surface area contributed by atoms with Crippen LogP contribution in [-0.4, -0.2) is 40.8 Å². The summed E-state index contributed by atoms with van der Waals surface area (Å²) in [6.07, 6.45) is -0.218. The minimum atomic E-state index is -1.11. The average Bonchev–Trinajstić information content (AvgIpc) is 2.78. The quantitative estimate of drug-likeness (QED) is 0.658. The topological polar surface area (TPSA) is 98.7 Å². The Morgan fingerprint density at radius 2 is 2.16 bits per heavy atom. The number of carboxylic acid groups (broad SMARTS) is 1. The van der Waals surface area contributed by atoms with E-state index >= 15 is 0 Å². The fraction of sp³-hybridized carbons (Fsp3) is 0.333. The summed E-state index contributed by atoms with van der Waals surface area (Å²) in [4.78, 5) is 23.0. The predicted octanol–water partition coefficient (Wildman–Crippen LogP) is 0.809. The summed E-state index contributed by atoms with van der Waals surface area (Å²) in [5.41, 5.74) is 0.255. The first kappa shape index (κ1) is 14.0. The highest BCUT2D eigenvalue weighted by Gasteiger charge is 2.28. The second-order valence-electron chi connectivity index (χ2n) is 4.33. The van der Waals surface area contributed by atoms with Crippen LogP contribution in [0.15, 0.2) is 22.7 Å². The van der Waals surface area contributed by atoms with E-state index in [0.29, 0.717) is 17.4 Å². The summed E-state index contributed by atoms with van der Waals surface area (Å²) in [6, 6.07) is 4.10. The molecule has 2 rings (SSSR count). The van der Waals surface area contributed by atoms with Crippen LogP contribution in [0.2, 0.25) is 0 Å². The van der Waals surface area contributed by atoms with Crippen LogP contribution in [0.25, 0.3) is 0 Å². The van der Waals surface area contributed by atoms with Gasteiger partial charge in [-0.25, -0.2) is 4.79 Å². The second kappa shape index (κ2) is 5.68. The number of aromatic carboxylic acids is 1. The number of anilines is 1. The number of rotatable bonds is 3. The highest BCUT2D eigenvalue weighted by atomic mass is 79.9. The van der Waals surface area contributed by atoms with Crippen LogP contribution in [0.3, 0.4) is 0 Å². The Labute approximate surface area is 117 Å². The zero-order valence-electron chi connectivity index (χ0n) is 9.89. The maximum atomic E-state index is 11.9. The molecule has 4 N–H and O–H groups in total. The summed E-state index contributed by atoms with van der Waals surface area (Å²) in [5.74, 6) is -1.46. The van der Waals surface area contributed by atoms with Crippen molar-refractivity contribution in [2.45, 2.75) is 18.6 Å². The molecule has 1 aromatic carbocycles. The Morgan fingerprint density at radius 3 is 2.74 bits per heavy atom. The molecule has 0 saturated carbocycles. The largest absolute Gasteiger partial charge is 0.478 e. The number of β-amino-alcohol motifs (C(OH)–C–C–N with tert-alkyl or cyclic N) is 1. The molecule has 1 saturated heterocycles. The lowest BCUT2D eigenvalue weighted by atomic mass is 10.1. The lowest BCUT2D eigenvalue weighted by Gasteiger charge is -2.13. The molecule has 19 heavy (non-hydrogen) atoms. The van der Waals surface area contributed by atoms with Gasteiger partial charge in [0, 0.05) is 11.0 Å². The monoisotopic (exact) mass is 328 g/mol. The van der Waals surface area contributed by atoms with Gasteiger partial charge in [0.25, 0.3) is 0 Å². The Hall–Kier alpha value is -1.44. The minimum absolute atomic E-state index is 0.0151. The average molecular weight is 329 g/mol. The van der Waals surface area contributed by atoms with E-state index < -0.39 is 18.1 Å². The predicted molar refractivity (Wildman–Crippen MR) is 72.1 cm³/mol. The molecule has 1 fully saturated rings. The van der Waals surface area contributed by atoms with Gasteiger partial charge in [-0.2, -0.15) is 0 Å². The summed E-state index contributed by atoms with van der Waals surface area (Å²) in [6.45, 7) is 0.365. The second-order valence-corrected chi connectivity index (χ2v) is 5.25. The number of carboxylic acids is 1. The Balaban J connectivity index is 2.14. The third-order valence-electron chi connectivity index (χ3n) is 2.89. The molecular formula is C12H13BrN2O4. The summed E-state index contributed by atoms with van der Waals surface area (Å²) in [5, 5.41) is 23.9. The molecule has 0 spiro atoms. The van der Waals surface area contributed by atoms with Crippen LogP contribution >= 0.6 is 15.9 Å². The molecule has 0 aliphatic carbocycles. The van der Waals surface area contributed by atoms with Gasteiger partial charge in [-0.05, 0) is 24.6 Å². The number of aliphatic hydroxyl groups excluding tert-OH is 1. The molecule has 1 aromatic rings. The van der Waals surface area contributed by atoms with Crippen molar-refractivity contribution in [2.75, 3.05) is 11.9 Å². The fourth-order valence-electron chi connectivity index (χ4n) is 1.94. The van der Waals surface area contributed by atoms with E-state index in [1.165, 1.54) is 12.1 Å². The van der Waals surface area contributed by atoms with Crippen molar-refractivity contribution < 1.29 is 19.8 Å². The van der Waals surface area contributed by atoms with Crippen LogP contribution in [0.4, 0.5) is 5.69 Å². The maximum Gasteiger partial charge on any atom is 0.337 e. The van der Waals surface area contributed by atoms with Crippen molar-refractivity contribution in [3.05, 3.63) is 28.2 Å². The third-order valence-corrected chi connectivity index (χ3v) is 3.39. The summed E-state index contributed by atoms with van der Waals surface area (Å²) < 4.78 is 0.623. The van der Waals surface area contributed by atoms with E-state index in [1.54, 1.807) is 6.07 Å². The van der Waals surface area contributed by atoms with Gasteiger partial charge in [0.05, 0.1) is 23.4 Å². The Morgan fingerprint density at radius 1 is 1.42 bits per heavy atom. The van der Waals surface area contributed by atoms with Crippen molar-refractivity contribution in [2.24, 2.45) is 0 Å². The number of amides is 1. The molecule has 0 radical (unpaired) electrons. The molecule has 7 heteroatoms. The van der Waals surface area contributed by atoms with Crippen molar-refractivity contribution >= 4 is 33.5 Å². The smallest absolute Gasteiger partial charge is 0.337 e. The highest BCUT2D eigenvalue weighted by Crippen LogP contribution is 2.22. The number of benzene rings is 1. The van der Waals surface area contributed by atoms with E-state index in [0.717, 1.165) is 0 Å². The maximum absolute atomic E-state index is 11.9. The van der Waals surface area contributed by atoms with Gasteiger partial charge in [-0.1, -0.05) is 15.9 Å². The van der Waals surface area contributed by atoms with E-state index in [-0.39, 0.29) is 17.2 Å². The van der Waals surface area contributed by atoms with Crippen LogP contribution in [-0.2, 0) is 4.79 Å². The zero-order chi connectivity index (χ0) is 14.0. The van der Waals surface area contributed by atoms with Crippen LogP contribution in [0, 0.1) is 0 Å². The van der Waals surface area contributed by atoms with Crippen LogP contribution in [0.5, 0.6) is 0 Å². The highest BCUT2D eigenvalue weighted by molar-refractivity contribution is 9.10. The van der Waals surface area contributed by atoms with Gasteiger partial charge >= 0.3 is 5.97 Å². The van der Waals surface area contributed by atoms with Gasteiger partial charge in [-0.15, -0.1) is 0 Å². The first-order valence-corrected chi connectivity index (χ1v) is 6.52. The van der Waals surface area contributed by atoms with Crippen molar-refractivity contribution in [1.29, 1.82) is 0 Å². The van der Waals surface area contributed by atoms with Crippen LogP contribution in [0.1, 0.15) is 16.8 Å². The van der Waals surface area contributed by atoms with Crippen molar-refractivity contribution in [1.82, 2.24) is 5.32 Å². The van der Waals surface area contributed by atoms with Gasteiger partial charge in [-0.3, -0.25) is 4.79 Å². The summed E-state index contributed by atoms with van der Waals surface area (Å²) >= 11 is 3.18. The van der Waals surface area contributed by atoms with Crippen LogP contribution < -0.4 is 10.6 Å². The Kier molecular flexibility index (Phi) is 4.18. The van der Waals surface area contributed by atoms with Gasteiger partial charge in [0.15, 0.2) is 0 Å². The first-order chi connectivity index (χ1) is 8.97. The summed E-state index contributed by atoms with van der Waals surface area (Å²) in [7, 11) is 0. The molecule has 102 valence electrons. The molecule has 2 unspecified atom stereocenters. The van der Waals surface area contributed by atoms with E-state index in [4.69, 9.17) is 5.11 Å². The van der Waals surface area contributed by atoms with Crippen molar-refractivity contribution in [3.63, 3.8) is 0 Å². The number of halogens is 1. The molecule has 0 aromatic heterocycles. The van der Waals surface area contributed by atoms with Gasteiger partial charge in [0.1, 0.15) is 0 Å². The fourth-order valence-corrected chi connectivity index (χ4v) is 2.30. The number of carbonyl (C=O) groups is 2. The lowest BCUT2D eigenvalue weighted by molar-refractivity contribution is -0.117. The third kappa shape index (κ3) is 3.31.